The van der Waals surface area contributed by atoms with E-state index in [1.165, 1.54) is 19.3 Å². The Balaban J connectivity index is 1.65. The number of carbonyl (C=O) groups excluding carboxylic acids is 1. The van der Waals surface area contributed by atoms with E-state index in [0.717, 1.165) is 39.3 Å². The Hall–Kier alpha value is -0.650. The molecule has 0 spiro atoms. The fourth-order valence-corrected chi connectivity index (χ4v) is 2.96. The van der Waals surface area contributed by atoms with E-state index < -0.39 is 0 Å². The van der Waals surface area contributed by atoms with Crippen LogP contribution in [0.2, 0.25) is 0 Å². The molecule has 1 amide bonds. The Morgan fingerprint density at radius 1 is 1.50 bits per heavy atom. The number of carbonyl (C=O) groups is 1. The minimum Gasteiger partial charge on any atom is -0.382 e. The highest BCUT2D eigenvalue weighted by molar-refractivity contribution is 5.76. The third kappa shape index (κ3) is 4.72. The van der Waals surface area contributed by atoms with Gasteiger partial charge < -0.3 is 20.1 Å². The van der Waals surface area contributed by atoms with Crippen molar-refractivity contribution < 1.29 is 14.3 Å². The van der Waals surface area contributed by atoms with Crippen LogP contribution in [0.5, 0.6) is 0 Å². The van der Waals surface area contributed by atoms with Crippen LogP contribution >= 0.6 is 0 Å². The molecule has 1 unspecified atom stereocenters. The molecule has 5 nitrogen and oxygen atoms in total. The molecule has 0 aromatic heterocycles. The second-order valence-corrected chi connectivity index (χ2v) is 6.01. The van der Waals surface area contributed by atoms with E-state index in [1.807, 2.05) is 6.92 Å². The first-order valence-corrected chi connectivity index (χ1v) is 7.90. The van der Waals surface area contributed by atoms with Gasteiger partial charge >= 0.3 is 0 Å². The summed E-state index contributed by atoms with van der Waals surface area (Å²) in [7, 11) is 0. The first-order chi connectivity index (χ1) is 9.74. The summed E-state index contributed by atoms with van der Waals surface area (Å²) >= 11 is 0. The summed E-state index contributed by atoms with van der Waals surface area (Å²) in [4.78, 5) is 12.0. The van der Waals surface area contributed by atoms with Crippen molar-refractivity contribution in [2.45, 2.75) is 45.1 Å². The van der Waals surface area contributed by atoms with Crippen LogP contribution in [0.25, 0.3) is 0 Å². The minimum absolute atomic E-state index is 0.135. The highest BCUT2D eigenvalue weighted by Gasteiger charge is 2.36. The Bertz CT molecular complexity index is 299. The zero-order valence-electron chi connectivity index (χ0n) is 12.6. The number of nitrogens with one attached hydrogen (secondary N) is 2. The van der Waals surface area contributed by atoms with Crippen LogP contribution in [0.3, 0.4) is 0 Å². The zero-order chi connectivity index (χ0) is 14.3. The lowest BCUT2D eigenvalue weighted by Crippen LogP contribution is -2.47. The van der Waals surface area contributed by atoms with Crippen molar-refractivity contribution in [3.63, 3.8) is 0 Å². The van der Waals surface area contributed by atoms with Gasteiger partial charge in [0.2, 0.25) is 5.91 Å². The largest absolute Gasteiger partial charge is 0.382 e. The first kappa shape index (κ1) is 15.7. The second kappa shape index (κ2) is 7.96. The number of morpholine rings is 1. The first-order valence-electron chi connectivity index (χ1n) is 7.90. The fourth-order valence-electron chi connectivity index (χ4n) is 2.96. The normalized spacial score (nSPS) is 24.9. The van der Waals surface area contributed by atoms with Crippen LogP contribution in [-0.2, 0) is 14.3 Å². The lowest BCUT2D eigenvalue weighted by atomic mass is 9.66. The van der Waals surface area contributed by atoms with E-state index in [1.54, 1.807) is 0 Å². The molecular formula is C15H28N2O3. The van der Waals surface area contributed by atoms with Crippen molar-refractivity contribution in [2.24, 2.45) is 5.41 Å². The number of hydrogen-bond donors (Lipinski definition) is 2. The smallest absolute Gasteiger partial charge is 0.221 e. The van der Waals surface area contributed by atoms with E-state index in [4.69, 9.17) is 9.47 Å². The summed E-state index contributed by atoms with van der Waals surface area (Å²) in [5.41, 5.74) is 0.293. The summed E-state index contributed by atoms with van der Waals surface area (Å²) in [6.07, 6.45) is 5.28. The topological polar surface area (TPSA) is 59.6 Å². The van der Waals surface area contributed by atoms with E-state index in [9.17, 15) is 4.79 Å². The molecule has 1 saturated heterocycles. The number of rotatable bonds is 8. The van der Waals surface area contributed by atoms with Gasteiger partial charge in [0.1, 0.15) is 0 Å². The van der Waals surface area contributed by atoms with Crippen LogP contribution in [-0.4, -0.2) is 51.5 Å². The van der Waals surface area contributed by atoms with E-state index in [0.29, 0.717) is 18.4 Å². The highest BCUT2D eigenvalue weighted by Crippen LogP contribution is 2.43. The quantitative estimate of drug-likeness (QED) is 0.655. The van der Waals surface area contributed by atoms with Gasteiger partial charge in [-0.15, -0.1) is 0 Å². The highest BCUT2D eigenvalue weighted by atomic mass is 16.5. The molecule has 1 heterocycles. The van der Waals surface area contributed by atoms with Crippen molar-refractivity contribution in [1.29, 1.82) is 0 Å². The van der Waals surface area contributed by atoms with Crippen LogP contribution in [0, 0.1) is 5.41 Å². The molecule has 5 heteroatoms. The summed E-state index contributed by atoms with van der Waals surface area (Å²) in [6, 6.07) is 0.171. The molecule has 0 aromatic rings. The fraction of sp³-hybridized carbons (Fsp3) is 0.933. The molecule has 1 aliphatic carbocycles. The molecule has 116 valence electrons. The lowest BCUT2D eigenvalue weighted by Gasteiger charge is -2.42. The van der Waals surface area contributed by atoms with Crippen molar-refractivity contribution >= 4 is 5.91 Å². The average Bonchev–Trinajstić information content (AvgIpc) is 2.42. The van der Waals surface area contributed by atoms with Crippen LogP contribution in [0.1, 0.15) is 39.0 Å². The number of amides is 1. The number of hydrogen-bond acceptors (Lipinski definition) is 4. The van der Waals surface area contributed by atoms with E-state index in [2.05, 4.69) is 10.6 Å². The maximum atomic E-state index is 12.0. The predicted molar refractivity (Wildman–Crippen MR) is 77.6 cm³/mol. The minimum atomic E-state index is 0.135. The predicted octanol–water partition coefficient (Wildman–Crippen LogP) is 1.08. The standard InChI is InChI=1S/C15H28N2O3/c1-2-19-8-6-15(4-3-5-15)12-17-14(18)10-13-11-20-9-7-16-13/h13,16H,2-12H2,1H3,(H,17,18). The molecule has 1 saturated carbocycles. The van der Waals surface area contributed by atoms with Crippen LogP contribution < -0.4 is 10.6 Å². The Morgan fingerprint density at radius 3 is 2.95 bits per heavy atom. The molecule has 0 radical (unpaired) electrons. The van der Waals surface area contributed by atoms with Gasteiger partial charge in [-0.25, -0.2) is 0 Å². The molecule has 2 fully saturated rings. The van der Waals surface area contributed by atoms with E-state index in [-0.39, 0.29) is 11.9 Å². The average molecular weight is 284 g/mol. The second-order valence-electron chi connectivity index (χ2n) is 6.01. The molecule has 1 aliphatic heterocycles. The van der Waals surface area contributed by atoms with Gasteiger partial charge in [0.05, 0.1) is 13.2 Å². The summed E-state index contributed by atoms with van der Waals surface area (Å²) in [5.74, 6) is 0.135. The van der Waals surface area contributed by atoms with Gasteiger partial charge in [-0.1, -0.05) is 6.42 Å². The number of ether oxygens (including phenoxy) is 2. The van der Waals surface area contributed by atoms with Gasteiger partial charge in [-0.05, 0) is 31.6 Å². The van der Waals surface area contributed by atoms with Crippen LogP contribution in [0.15, 0.2) is 0 Å². The van der Waals surface area contributed by atoms with Crippen molar-refractivity contribution in [2.75, 3.05) is 39.5 Å². The Morgan fingerprint density at radius 2 is 2.35 bits per heavy atom. The molecular weight excluding hydrogens is 256 g/mol. The van der Waals surface area contributed by atoms with Gasteiger partial charge in [-0.3, -0.25) is 4.79 Å². The molecule has 2 N–H and O–H groups in total. The molecule has 2 aliphatic rings. The SMILES string of the molecule is CCOCCC1(CNC(=O)CC2COCCN2)CCC1. The Kier molecular flexibility index (Phi) is 6.26. The third-order valence-electron chi connectivity index (χ3n) is 4.49. The summed E-state index contributed by atoms with van der Waals surface area (Å²) in [6.45, 7) is 6.64. The maximum absolute atomic E-state index is 12.0. The molecule has 1 atom stereocenters. The molecule has 20 heavy (non-hydrogen) atoms. The van der Waals surface area contributed by atoms with Gasteiger partial charge in [0.25, 0.3) is 0 Å². The molecule has 0 aromatic carbocycles. The summed E-state index contributed by atoms with van der Waals surface area (Å²) < 4.78 is 10.8. The zero-order valence-corrected chi connectivity index (χ0v) is 12.6. The summed E-state index contributed by atoms with van der Waals surface area (Å²) in [5, 5.41) is 6.42. The van der Waals surface area contributed by atoms with E-state index >= 15 is 0 Å². The van der Waals surface area contributed by atoms with Crippen LogP contribution in [0.4, 0.5) is 0 Å². The molecule has 0 bridgehead atoms. The van der Waals surface area contributed by atoms with Crippen molar-refractivity contribution in [3.8, 4) is 0 Å². The van der Waals surface area contributed by atoms with Gasteiger partial charge in [-0.2, -0.15) is 0 Å². The van der Waals surface area contributed by atoms with Crippen molar-refractivity contribution in [3.05, 3.63) is 0 Å². The Labute approximate surface area is 121 Å². The van der Waals surface area contributed by atoms with Gasteiger partial charge in [0.15, 0.2) is 0 Å². The van der Waals surface area contributed by atoms with Crippen molar-refractivity contribution in [1.82, 2.24) is 10.6 Å². The maximum Gasteiger partial charge on any atom is 0.221 e. The lowest BCUT2D eigenvalue weighted by molar-refractivity contribution is -0.123. The monoisotopic (exact) mass is 284 g/mol. The third-order valence-corrected chi connectivity index (χ3v) is 4.49. The van der Waals surface area contributed by atoms with Gasteiger partial charge in [0, 0.05) is 38.8 Å². The molecule has 2 rings (SSSR count).